The van der Waals surface area contributed by atoms with Crippen molar-refractivity contribution in [3.05, 3.63) is 35.4 Å². The van der Waals surface area contributed by atoms with Gasteiger partial charge in [0.2, 0.25) is 0 Å². The first-order chi connectivity index (χ1) is 9.61. The molecule has 0 heterocycles. The highest BCUT2D eigenvalue weighted by atomic mass is 15.1. The summed E-state index contributed by atoms with van der Waals surface area (Å²) in [6.07, 6.45) is 6.63. The van der Waals surface area contributed by atoms with Gasteiger partial charge in [0.05, 0.1) is 0 Å². The SMILES string of the molecule is CCC(N)C(c1cccc(C)c1)N(C)CC1CCCC1. The van der Waals surface area contributed by atoms with Gasteiger partial charge in [0.1, 0.15) is 0 Å². The van der Waals surface area contributed by atoms with Crippen molar-refractivity contribution in [3.63, 3.8) is 0 Å². The summed E-state index contributed by atoms with van der Waals surface area (Å²) >= 11 is 0. The summed E-state index contributed by atoms with van der Waals surface area (Å²) in [4.78, 5) is 2.50. The molecule has 0 radical (unpaired) electrons. The van der Waals surface area contributed by atoms with Crippen LogP contribution in [0.2, 0.25) is 0 Å². The first kappa shape index (κ1) is 15.5. The highest BCUT2D eigenvalue weighted by Gasteiger charge is 2.26. The van der Waals surface area contributed by atoms with Crippen molar-refractivity contribution in [2.75, 3.05) is 13.6 Å². The molecule has 2 rings (SSSR count). The van der Waals surface area contributed by atoms with Crippen LogP contribution in [0, 0.1) is 12.8 Å². The lowest BCUT2D eigenvalue weighted by atomic mass is 9.94. The summed E-state index contributed by atoms with van der Waals surface area (Å²) in [5.41, 5.74) is 9.13. The predicted octanol–water partition coefficient (Wildman–Crippen LogP) is 3.90. The molecule has 20 heavy (non-hydrogen) atoms. The fourth-order valence-corrected chi connectivity index (χ4v) is 3.62. The van der Waals surface area contributed by atoms with Crippen LogP contribution in [-0.2, 0) is 0 Å². The van der Waals surface area contributed by atoms with Gasteiger partial charge in [0.25, 0.3) is 0 Å². The third-order valence-electron chi connectivity index (χ3n) is 4.76. The zero-order chi connectivity index (χ0) is 14.5. The van der Waals surface area contributed by atoms with Gasteiger partial charge in [-0.25, -0.2) is 0 Å². The Morgan fingerprint density at radius 1 is 1.30 bits per heavy atom. The first-order valence-corrected chi connectivity index (χ1v) is 8.14. The molecule has 0 saturated heterocycles. The van der Waals surface area contributed by atoms with E-state index >= 15 is 0 Å². The Morgan fingerprint density at radius 3 is 2.60 bits per heavy atom. The largest absolute Gasteiger partial charge is 0.326 e. The normalized spacial score (nSPS) is 19.4. The van der Waals surface area contributed by atoms with Crippen molar-refractivity contribution in [3.8, 4) is 0 Å². The fourth-order valence-electron chi connectivity index (χ4n) is 3.62. The van der Waals surface area contributed by atoms with Gasteiger partial charge in [-0.2, -0.15) is 0 Å². The number of rotatable bonds is 6. The van der Waals surface area contributed by atoms with Gasteiger partial charge in [-0.3, -0.25) is 4.90 Å². The maximum atomic E-state index is 6.43. The maximum absolute atomic E-state index is 6.43. The molecule has 2 nitrogen and oxygen atoms in total. The lowest BCUT2D eigenvalue weighted by Crippen LogP contribution is -2.40. The van der Waals surface area contributed by atoms with E-state index in [1.807, 2.05) is 0 Å². The first-order valence-electron chi connectivity index (χ1n) is 8.14. The molecular weight excluding hydrogens is 244 g/mol. The van der Waals surface area contributed by atoms with Crippen molar-refractivity contribution in [2.45, 2.75) is 58.0 Å². The number of aryl methyl sites for hydroxylation is 1. The van der Waals surface area contributed by atoms with Crippen molar-refractivity contribution >= 4 is 0 Å². The number of nitrogens with two attached hydrogens (primary N) is 1. The summed E-state index contributed by atoms with van der Waals surface area (Å²) in [5, 5.41) is 0. The highest BCUT2D eigenvalue weighted by molar-refractivity contribution is 5.26. The van der Waals surface area contributed by atoms with Gasteiger partial charge in [-0.05, 0) is 44.7 Å². The van der Waals surface area contributed by atoms with E-state index < -0.39 is 0 Å². The zero-order valence-electron chi connectivity index (χ0n) is 13.3. The topological polar surface area (TPSA) is 29.3 Å². The smallest absolute Gasteiger partial charge is 0.0496 e. The summed E-state index contributed by atoms with van der Waals surface area (Å²) < 4.78 is 0. The third kappa shape index (κ3) is 3.83. The van der Waals surface area contributed by atoms with E-state index in [1.54, 1.807) is 0 Å². The van der Waals surface area contributed by atoms with Crippen molar-refractivity contribution < 1.29 is 0 Å². The third-order valence-corrected chi connectivity index (χ3v) is 4.76. The van der Waals surface area contributed by atoms with E-state index in [9.17, 15) is 0 Å². The Bertz CT molecular complexity index is 410. The highest BCUT2D eigenvalue weighted by Crippen LogP contribution is 2.30. The lowest BCUT2D eigenvalue weighted by molar-refractivity contribution is 0.180. The van der Waals surface area contributed by atoms with Crippen LogP contribution in [0.15, 0.2) is 24.3 Å². The summed E-state index contributed by atoms with van der Waals surface area (Å²) in [7, 11) is 2.25. The molecule has 112 valence electrons. The van der Waals surface area contributed by atoms with Crippen LogP contribution in [0.5, 0.6) is 0 Å². The Hall–Kier alpha value is -0.860. The minimum absolute atomic E-state index is 0.211. The van der Waals surface area contributed by atoms with Crippen molar-refractivity contribution in [1.82, 2.24) is 4.90 Å². The van der Waals surface area contributed by atoms with E-state index in [1.165, 1.54) is 43.4 Å². The molecule has 1 aliphatic rings. The molecule has 0 spiro atoms. The van der Waals surface area contributed by atoms with Crippen LogP contribution in [-0.4, -0.2) is 24.5 Å². The maximum Gasteiger partial charge on any atom is 0.0496 e. The molecule has 1 fully saturated rings. The Labute approximate surface area is 124 Å². The van der Waals surface area contributed by atoms with Gasteiger partial charge in [0, 0.05) is 18.6 Å². The van der Waals surface area contributed by atoms with E-state index in [4.69, 9.17) is 5.73 Å². The minimum atomic E-state index is 0.211. The monoisotopic (exact) mass is 274 g/mol. The number of nitrogens with zero attached hydrogens (tertiary/aromatic N) is 1. The fraction of sp³-hybridized carbons (Fsp3) is 0.667. The minimum Gasteiger partial charge on any atom is -0.326 e. The van der Waals surface area contributed by atoms with Crippen molar-refractivity contribution in [2.24, 2.45) is 11.7 Å². The quantitative estimate of drug-likeness (QED) is 0.852. The van der Waals surface area contributed by atoms with Gasteiger partial charge >= 0.3 is 0 Å². The van der Waals surface area contributed by atoms with Crippen LogP contribution < -0.4 is 5.73 Å². The Kier molecular flexibility index (Phi) is 5.62. The van der Waals surface area contributed by atoms with Crippen LogP contribution in [0.3, 0.4) is 0 Å². The van der Waals surface area contributed by atoms with Gasteiger partial charge < -0.3 is 5.73 Å². The second kappa shape index (κ2) is 7.24. The number of hydrogen-bond donors (Lipinski definition) is 1. The van der Waals surface area contributed by atoms with E-state index in [2.05, 4.69) is 50.1 Å². The summed E-state index contributed by atoms with van der Waals surface area (Å²) in [6, 6.07) is 9.41. The number of likely N-dealkylation sites (N-methyl/N-ethyl adjacent to an activating group) is 1. The average molecular weight is 274 g/mol. The molecule has 0 bridgehead atoms. The Balaban J connectivity index is 2.13. The molecule has 2 heteroatoms. The van der Waals surface area contributed by atoms with Crippen LogP contribution in [0.25, 0.3) is 0 Å². The molecule has 0 aromatic heterocycles. The second-order valence-electron chi connectivity index (χ2n) is 6.52. The molecule has 1 aromatic rings. The average Bonchev–Trinajstić information content (AvgIpc) is 2.91. The molecule has 1 aliphatic carbocycles. The van der Waals surface area contributed by atoms with E-state index in [-0.39, 0.29) is 6.04 Å². The van der Waals surface area contributed by atoms with E-state index in [0.29, 0.717) is 6.04 Å². The molecule has 2 atom stereocenters. The van der Waals surface area contributed by atoms with Gasteiger partial charge in [0.15, 0.2) is 0 Å². The molecule has 0 amide bonds. The molecule has 1 saturated carbocycles. The second-order valence-corrected chi connectivity index (χ2v) is 6.52. The van der Waals surface area contributed by atoms with Crippen LogP contribution in [0.4, 0.5) is 0 Å². The molecule has 1 aromatic carbocycles. The summed E-state index contributed by atoms with van der Waals surface area (Å²) in [5.74, 6) is 0.872. The standard InChI is InChI=1S/C18H30N2/c1-4-17(19)18(16-11-7-8-14(2)12-16)20(3)13-15-9-5-6-10-15/h7-8,11-12,15,17-18H,4-6,9-10,13,19H2,1-3H3. The van der Waals surface area contributed by atoms with Crippen LogP contribution >= 0.6 is 0 Å². The molecular formula is C18H30N2. The van der Waals surface area contributed by atoms with Crippen molar-refractivity contribution in [1.29, 1.82) is 0 Å². The van der Waals surface area contributed by atoms with Gasteiger partial charge in [-0.1, -0.05) is 49.6 Å². The van der Waals surface area contributed by atoms with Gasteiger partial charge in [-0.15, -0.1) is 0 Å². The number of hydrogen-bond acceptors (Lipinski definition) is 2. The van der Waals surface area contributed by atoms with Crippen LogP contribution in [0.1, 0.15) is 56.2 Å². The number of benzene rings is 1. The predicted molar refractivity (Wildman–Crippen MR) is 86.8 cm³/mol. The zero-order valence-corrected chi connectivity index (χ0v) is 13.3. The lowest BCUT2D eigenvalue weighted by Gasteiger charge is -2.34. The molecule has 0 aliphatic heterocycles. The molecule has 2 N–H and O–H groups in total. The summed E-state index contributed by atoms with van der Waals surface area (Å²) in [6.45, 7) is 5.54. The molecule has 2 unspecified atom stereocenters. The van der Waals surface area contributed by atoms with E-state index in [0.717, 1.165) is 12.3 Å². The Morgan fingerprint density at radius 2 is 2.00 bits per heavy atom.